The highest BCUT2D eigenvalue weighted by molar-refractivity contribution is 14.0. The van der Waals surface area contributed by atoms with Gasteiger partial charge >= 0.3 is 0 Å². The Bertz CT molecular complexity index is 685. The van der Waals surface area contributed by atoms with Gasteiger partial charge in [0.15, 0.2) is 5.96 Å². The molecule has 7 nitrogen and oxygen atoms in total. The molecule has 1 aromatic carbocycles. The molecule has 0 aliphatic carbocycles. The number of piperazine rings is 1. The third-order valence-electron chi connectivity index (χ3n) is 6.39. The zero-order valence-electron chi connectivity index (χ0n) is 19.5. The maximum absolute atomic E-state index is 11.3. The summed E-state index contributed by atoms with van der Waals surface area (Å²) in [6.07, 6.45) is 4.07. The number of halogens is 1. The summed E-state index contributed by atoms with van der Waals surface area (Å²) in [6.45, 7) is 12.2. The number of aliphatic imine (C=N–C) groups is 1. The number of primary amides is 1. The Kier molecular flexibility index (Phi) is 12.3. The van der Waals surface area contributed by atoms with E-state index in [-0.39, 0.29) is 35.8 Å². The second kappa shape index (κ2) is 14.7. The quantitative estimate of drug-likeness (QED) is 0.212. The zero-order chi connectivity index (χ0) is 21.9. The summed E-state index contributed by atoms with van der Waals surface area (Å²) < 4.78 is 0. The molecule has 0 radical (unpaired) electrons. The lowest BCUT2D eigenvalue weighted by atomic mass is 9.96. The minimum Gasteiger partial charge on any atom is -0.369 e. The van der Waals surface area contributed by atoms with Crippen LogP contribution in [0.15, 0.2) is 35.3 Å². The Balaban J connectivity index is 0.00000363. The summed E-state index contributed by atoms with van der Waals surface area (Å²) >= 11 is 0. The number of carbonyl (C=O) groups is 1. The van der Waals surface area contributed by atoms with Crippen molar-refractivity contribution in [1.29, 1.82) is 0 Å². The first-order valence-electron chi connectivity index (χ1n) is 12.0. The molecule has 0 atom stereocenters. The minimum absolute atomic E-state index is 0. The fourth-order valence-corrected chi connectivity index (χ4v) is 4.46. The maximum atomic E-state index is 11.3. The van der Waals surface area contributed by atoms with Crippen LogP contribution in [0, 0.1) is 5.92 Å². The highest BCUT2D eigenvalue weighted by atomic mass is 127. The zero-order valence-corrected chi connectivity index (χ0v) is 21.9. The lowest BCUT2D eigenvalue weighted by Crippen LogP contribution is -2.52. The van der Waals surface area contributed by atoms with E-state index in [9.17, 15) is 4.79 Å². The normalized spacial score (nSPS) is 18.9. The van der Waals surface area contributed by atoms with Crippen molar-refractivity contribution < 1.29 is 4.79 Å². The first kappa shape index (κ1) is 26.9. The summed E-state index contributed by atoms with van der Waals surface area (Å²) in [6, 6.07) is 10.7. The van der Waals surface area contributed by atoms with Crippen molar-refractivity contribution in [2.24, 2.45) is 16.6 Å². The highest BCUT2D eigenvalue weighted by Crippen LogP contribution is 2.17. The van der Waals surface area contributed by atoms with Crippen LogP contribution in [-0.2, 0) is 11.3 Å². The van der Waals surface area contributed by atoms with Crippen molar-refractivity contribution in [3.8, 4) is 0 Å². The van der Waals surface area contributed by atoms with Crippen LogP contribution in [0.4, 0.5) is 0 Å². The van der Waals surface area contributed by atoms with Gasteiger partial charge in [0.25, 0.3) is 0 Å². The number of hydrogen-bond donors (Lipinski definition) is 2. The number of nitrogens with one attached hydrogen (secondary N) is 1. The van der Waals surface area contributed by atoms with Gasteiger partial charge in [-0.3, -0.25) is 14.7 Å². The molecule has 2 fully saturated rings. The first-order valence-corrected chi connectivity index (χ1v) is 12.0. The number of likely N-dealkylation sites (tertiary alicyclic amines) is 1. The van der Waals surface area contributed by atoms with Gasteiger partial charge in [-0.15, -0.1) is 24.0 Å². The van der Waals surface area contributed by atoms with Gasteiger partial charge in [0.2, 0.25) is 5.91 Å². The number of hydrogen-bond acceptors (Lipinski definition) is 4. The Morgan fingerprint density at radius 1 is 1.03 bits per heavy atom. The second-order valence-electron chi connectivity index (χ2n) is 8.71. The van der Waals surface area contributed by atoms with Gasteiger partial charge in [-0.25, -0.2) is 0 Å². The number of benzene rings is 1. The van der Waals surface area contributed by atoms with E-state index in [2.05, 4.69) is 57.3 Å². The minimum atomic E-state index is -0.133. The lowest BCUT2D eigenvalue weighted by Gasteiger charge is -2.36. The van der Waals surface area contributed by atoms with E-state index in [4.69, 9.17) is 10.7 Å². The van der Waals surface area contributed by atoms with Gasteiger partial charge in [-0.2, -0.15) is 0 Å². The maximum Gasteiger partial charge on any atom is 0.220 e. The van der Waals surface area contributed by atoms with E-state index in [1.165, 1.54) is 5.56 Å². The fraction of sp³-hybridized carbons (Fsp3) is 0.667. The first-order chi connectivity index (χ1) is 15.2. The van der Waals surface area contributed by atoms with Gasteiger partial charge < -0.3 is 20.9 Å². The molecule has 1 amide bonds. The molecule has 1 aromatic rings. The van der Waals surface area contributed by atoms with Crippen molar-refractivity contribution >= 4 is 35.8 Å². The predicted molar refractivity (Wildman–Crippen MR) is 142 cm³/mol. The monoisotopic (exact) mass is 556 g/mol. The van der Waals surface area contributed by atoms with E-state index >= 15 is 0 Å². The topological polar surface area (TPSA) is 77.2 Å². The van der Waals surface area contributed by atoms with Crippen molar-refractivity contribution in [1.82, 2.24) is 20.0 Å². The van der Waals surface area contributed by atoms with E-state index in [1.54, 1.807) is 0 Å². The molecule has 0 bridgehead atoms. The average Bonchev–Trinajstić information content (AvgIpc) is 2.80. The molecule has 3 N–H and O–H groups in total. The smallest absolute Gasteiger partial charge is 0.220 e. The molecule has 0 unspecified atom stereocenters. The van der Waals surface area contributed by atoms with Gasteiger partial charge in [0.1, 0.15) is 0 Å². The summed E-state index contributed by atoms with van der Waals surface area (Å²) in [5.41, 5.74) is 6.81. The van der Waals surface area contributed by atoms with Crippen molar-refractivity contribution in [3.63, 3.8) is 0 Å². The lowest BCUT2D eigenvalue weighted by molar-refractivity contribution is -0.123. The highest BCUT2D eigenvalue weighted by Gasteiger charge is 2.22. The fourth-order valence-electron chi connectivity index (χ4n) is 4.46. The van der Waals surface area contributed by atoms with Crippen molar-refractivity contribution in [3.05, 3.63) is 35.9 Å². The average molecular weight is 557 g/mol. The SMILES string of the molecule is CCNC(=NCCCCN1CCC(C(N)=O)CC1)N1CCN(Cc2ccccc2)CC1.I. The van der Waals surface area contributed by atoms with E-state index in [0.717, 1.165) is 97.1 Å². The van der Waals surface area contributed by atoms with Crippen molar-refractivity contribution in [2.75, 3.05) is 58.9 Å². The van der Waals surface area contributed by atoms with Crippen LogP contribution < -0.4 is 11.1 Å². The van der Waals surface area contributed by atoms with Crippen molar-refractivity contribution in [2.45, 2.75) is 39.2 Å². The molecule has 2 aliphatic heterocycles. The van der Waals surface area contributed by atoms with Crippen LogP contribution in [0.1, 0.15) is 38.2 Å². The molecular weight excluding hydrogens is 515 g/mol. The molecular formula is C24H41IN6O. The number of guanidine groups is 1. The van der Waals surface area contributed by atoms with Crippen LogP contribution >= 0.6 is 24.0 Å². The van der Waals surface area contributed by atoms with Crippen LogP contribution in [0.2, 0.25) is 0 Å². The van der Waals surface area contributed by atoms with Crippen LogP contribution in [0.5, 0.6) is 0 Å². The Morgan fingerprint density at radius 3 is 2.34 bits per heavy atom. The summed E-state index contributed by atoms with van der Waals surface area (Å²) in [5.74, 6) is 1.01. The number of unbranched alkanes of at least 4 members (excludes halogenated alkanes) is 1. The summed E-state index contributed by atoms with van der Waals surface area (Å²) in [7, 11) is 0. The largest absolute Gasteiger partial charge is 0.369 e. The Hall–Kier alpha value is -1.39. The van der Waals surface area contributed by atoms with Crippen LogP contribution in [0.3, 0.4) is 0 Å². The summed E-state index contributed by atoms with van der Waals surface area (Å²) in [4.78, 5) is 23.6. The number of nitrogens with zero attached hydrogens (tertiary/aromatic N) is 4. The van der Waals surface area contributed by atoms with Gasteiger partial charge in [-0.05, 0) is 57.8 Å². The van der Waals surface area contributed by atoms with Crippen LogP contribution in [0.25, 0.3) is 0 Å². The summed E-state index contributed by atoms with van der Waals surface area (Å²) in [5, 5.41) is 3.48. The van der Waals surface area contributed by atoms with Gasteiger partial charge in [-0.1, -0.05) is 30.3 Å². The van der Waals surface area contributed by atoms with E-state index in [0.29, 0.717) is 0 Å². The molecule has 0 spiro atoms. The second-order valence-corrected chi connectivity index (χ2v) is 8.71. The molecule has 3 rings (SSSR count). The third-order valence-corrected chi connectivity index (χ3v) is 6.39. The molecule has 8 heteroatoms. The third kappa shape index (κ3) is 8.86. The molecule has 2 aliphatic rings. The number of nitrogens with two attached hydrogens (primary N) is 1. The standard InChI is InChI=1S/C24H40N6O.HI/c1-2-26-24(27-12-6-7-13-28-14-10-22(11-15-28)23(25)31)30-18-16-29(17-19-30)20-21-8-4-3-5-9-21;/h3-5,8-9,22H,2,6-7,10-20H2,1H3,(H2,25,31)(H,26,27);1H. The number of rotatable bonds is 9. The Labute approximate surface area is 210 Å². The predicted octanol–water partition coefficient (Wildman–Crippen LogP) is 2.37. The molecule has 2 heterocycles. The van der Waals surface area contributed by atoms with E-state index in [1.807, 2.05) is 0 Å². The molecule has 180 valence electrons. The number of carbonyl (C=O) groups excluding carboxylic acids is 1. The van der Waals surface area contributed by atoms with Crippen LogP contribution in [-0.4, -0.2) is 85.5 Å². The molecule has 32 heavy (non-hydrogen) atoms. The van der Waals surface area contributed by atoms with Gasteiger partial charge in [0.05, 0.1) is 0 Å². The van der Waals surface area contributed by atoms with Gasteiger partial charge in [0, 0.05) is 51.7 Å². The number of amides is 1. The number of piperidine rings is 1. The van der Waals surface area contributed by atoms with E-state index < -0.39 is 0 Å². The molecule has 0 aromatic heterocycles. The molecule has 2 saturated heterocycles. The Morgan fingerprint density at radius 2 is 1.72 bits per heavy atom. The molecule has 0 saturated carbocycles.